The molecule has 0 aliphatic carbocycles. The van der Waals surface area contributed by atoms with Gasteiger partial charge in [-0.2, -0.15) is 0 Å². The summed E-state index contributed by atoms with van der Waals surface area (Å²) in [5, 5.41) is 3.46. The normalized spacial score (nSPS) is 8.50. The SMILES string of the molecule is C#CCOc1ccccc1CN=[N+]=[N-]. The van der Waals surface area contributed by atoms with E-state index in [1.54, 1.807) is 6.07 Å². The van der Waals surface area contributed by atoms with E-state index < -0.39 is 0 Å². The molecule has 0 aromatic heterocycles. The molecular weight excluding hydrogens is 178 g/mol. The highest BCUT2D eigenvalue weighted by molar-refractivity contribution is 5.33. The lowest BCUT2D eigenvalue weighted by molar-refractivity contribution is 0.366. The van der Waals surface area contributed by atoms with Crippen LogP contribution in [0.25, 0.3) is 10.4 Å². The first-order valence-corrected chi connectivity index (χ1v) is 4.03. The first kappa shape index (κ1) is 9.97. The van der Waals surface area contributed by atoms with E-state index in [2.05, 4.69) is 15.9 Å². The van der Waals surface area contributed by atoms with E-state index in [4.69, 9.17) is 16.7 Å². The lowest BCUT2D eigenvalue weighted by Crippen LogP contribution is -1.96. The molecule has 14 heavy (non-hydrogen) atoms. The molecule has 0 aliphatic heterocycles. The van der Waals surface area contributed by atoms with Gasteiger partial charge < -0.3 is 4.74 Å². The minimum atomic E-state index is 0.216. The van der Waals surface area contributed by atoms with E-state index in [0.29, 0.717) is 5.75 Å². The molecule has 0 atom stereocenters. The summed E-state index contributed by atoms with van der Waals surface area (Å²) < 4.78 is 5.26. The number of para-hydroxylation sites is 1. The highest BCUT2D eigenvalue weighted by Gasteiger charge is 1.99. The predicted octanol–water partition coefficient (Wildman–Crippen LogP) is 2.51. The molecular formula is C10H9N3O. The van der Waals surface area contributed by atoms with Crippen molar-refractivity contribution >= 4 is 0 Å². The van der Waals surface area contributed by atoms with Crippen LogP contribution in [0, 0.1) is 12.3 Å². The number of terminal acetylenes is 1. The second kappa shape index (κ2) is 5.52. The summed E-state index contributed by atoms with van der Waals surface area (Å²) >= 11 is 0. The van der Waals surface area contributed by atoms with Gasteiger partial charge in [-0.1, -0.05) is 29.2 Å². The Morgan fingerprint density at radius 3 is 3.00 bits per heavy atom. The summed E-state index contributed by atoms with van der Waals surface area (Å²) in [4.78, 5) is 2.68. The van der Waals surface area contributed by atoms with E-state index in [0.717, 1.165) is 5.56 Å². The molecule has 1 aromatic carbocycles. The number of benzene rings is 1. The van der Waals surface area contributed by atoms with Crippen LogP contribution in [0.4, 0.5) is 0 Å². The Labute approximate surface area is 82.1 Å². The van der Waals surface area contributed by atoms with E-state index in [9.17, 15) is 0 Å². The van der Waals surface area contributed by atoms with Crippen molar-refractivity contribution in [3.8, 4) is 18.1 Å². The number of azide groups is 1. The summed E-state index contributed by atoms with van der Waals surface area (Å²) in [6, 6.07) is 7.32. The van der Waals surface area contributed by atoms with E-state index in [-0.39, 0.29) is 13.2 Å². The highest BCUT2D eigenvalue weighted by Crippen LogP contribution is 2.18. The van der Waals surface area contributed by atoms with Crippen molar-refractivity contribution in [2.75, 3.05) is 6.61 Å². The number of rotatable bonds is 4. The van der Waals surface area contributed by atoms with Gasteiger partial charge in [-0.05, 0) is 17.2 Å². The summed E-state index contributed by atoms with van der Waals surface area (Å²) in [5.41, 5.74) is 9.01. The third-order valence-electron chi connectivity index (χ3n) is 1.59. The van der Waals surface area contributed by atoms with Crippen LogP contribution >= 0.6 is 0 Å². The lowest BCUT2D eigenvalue weighted by Gasteiger charge is -2.06. The van der Waals surface area contributed by atoms with Crippen molar-refractivity contribution in [3.63, 3.8) is 0 Å². The molecule has 0 fully saturated rings. The number of hydrogen-bond acceptors (Lipinski definition) is 2. The third kappa shape index (κ3) is 2.74. The van der Waals surface area contributed by atoms with Crippen LogP contribution in [-0.4, -0.2) is 6.61 Å². The van der Waals surface area contributed by atoms with Crippen molar-refractivity contribution < 1.29 is 4.74 Å². The summed E-state index contributed by atoms with van der Waals surface area (Å²) in [6.07, 6.45) is 5.07. The van der Waals surface area contributed by atoms with Crippen LogP contribution in [-0.2, 0) is 6.54 Å². The Balaban J connectivity index is 2.80. The Morgan fingerprint density at radius 2 is 2.29 bits per heavy atom. The second-order valence-corrected chi connectivity index (χ2v) is 2.49. The van der Waals surface area contributed by atoms with Gasteiger partial charge in [0.1, 0.15) is 12.4 Å². The van der Waals surface area contributed by atoms with Crippen molar-refractivity contribution in [3.05, 3.63) is 40.3 Å². The van der Waals surface area contributed by atoms with Gasteiger partial charge in [0.2, 0.25) is 0 Å². The zero-order chi connectivity index (χ0) is 10.2. The Kier molecular flexibility index (Phi) is 3.93. The summed E-state index contributed by atoms with van der Waals surface area (Å²) in [5.74, 6) is 3.04. The molecule has 0 N–H and O–H groups in total. The topological polar surface area (TPSA) is 58.0 Å². The number of ether oxygens (including phenoxy) is 1. The predicted molar refractivity (Wildman–Crippen MR) is 53.6 cm³/mol. The van der Waals surface area contributed by atoms with Gasteiger partial charge in [-0.15, -0.1) is 6.42 Å². The minimum absolute atomic E-state index is 0.216. The molecule has 4 heteroatoms. The molecule has 0 unspecified atom stereocenters. The monoisotopic (exact) mass is 187 g/mol. The quantitative estimate of drug-likeness (QED) is 0.309. The summed E-state index contributed by atoms with van der Waals surface area (Å²) in [6.45, 7) is 0.491. The maximum atomic E-state index is 8.18. The fourth-order valence-corrected chi connectivity index (χ4v) is 1.00. The number of nitrogens with zero attached hydrogens (tertiary/aromatic N) is 3. The molecule has 0 bridgehead atoms. The van der Waals surface area contributed by atoms with Gasteiger partial charge in [0.15, 0.2) is 0 Å². The molecule has 0 saturated carbocycles. The standard InChI is InChI=1S/C10H9N3O/c1-2-7-14-10-6-4-3-5-9(10)8-12-13-11/h1,3-6H,7-8H2. The van der Waals surface area contributed by atoms with Crippen LogP contribution in [0.15, 0.2) is 29.4 Å². The largest absolute Gasteiger partial charge is 0.481 e. The summed E-state index contributed by atoms with van der Waals surface area (Å²) in [7, 11) is 0. The highest BCUT2D eigenvalue weighted by atomic mass is 16.5. The Hall–Kier alpha value is -2.11. The van der Waals surface area contributed by atoms with Gasteiger partial charge in [0.05, 0.1) is 6.54 Å². The average molecular weight is 187 g/mol. The van der Waals surface area contributed by atoms with Gasteiger partial charge >= 0.3 is 0 Å². The zero-order valence-electron chi connectivity index (χ0n) is 7.55. The zero-order valence-corrected chi connectivity index (χ0v) is 7.55. The molecule has 0 amide bonds. The second-order valence-electron chi connectivity index (χ2n) is 2.49. The molecule has 1 rings (SSSR count). The van der Waals surface area contributed by atoms with Crippen LogP contribution in [0.3, 0.4) is 0 Å². The van der Waals surface area contributed by atoms with E-state index in [1.807, 2.05) is 18.2 Å². The van der Waals surface area contributed by atoms with Gasteiger partial charge in [0.25, 0.3) is 0 Å². The van der Waals surface area contributed by atoms with Gasteiger partial charge in [-0.25, -0.2) is 0 Å². The fourth-order valence-electron chi connectivity index (χ4n) is 1.00. The van der Waals surface area contributed by atoms with Crippen molar-refractivity contribution in [1.29, 1.82) is 0 Å². The molecule has 0 spiro atoms. The molecule has 0 saturated heterocycles. The maximum Gasteiger partial charge on any atom is 0.148 e. The lowest BCUT2D eigenvalue weighted by atomic mass is 10.2. The fraction of sp³-hybridized carbons (Fsp3) is 0.200. The third-order valence-corrected chi connectivity index (χ3v) is 1.59. The molecule has 0 aliphatic rings. The van der Waals surface area contributed by atoms with Gasteiger partial charge in [0, 0.05) is 4.91 Å². The van der Waals surface area contributed by atoms with Crippen LogP contribution < -0.4 is 4.74 Å². The van der Waals surface area contributed by atoms with E-state index >= 15 is 0 Å². The van der Waals surface area contributed by atoms with Crippen LogP contribution in [0.1, 0.15) is 5.56 Å². The average Bonchev–Trinajstić information content (AvgIpc) is 2.24. The number of hydrogen-bond donors (Lipinski definition) is 0. The van der Waals surface area contributed by atoms with Crippen LogP contribution in [0.2, 0.25) is 0 Å². The van der Waals surface area contributed by atoms with Crippen molar-refractivity contribution in [1.82, 2.24) is 0 Å². The first-order chi connectivity index (χ1) is 6.88. The molecule has 70 valence electrons. The minimum Gasteiger partial charge on any atom is -0.481 e. The molecule has 0 radical (unpaired) electrons. The Bertz CT molecular complexity index is 389. The van der Waals surface area contributed by atoms with Crippen molar-refractivity contribution in [2.45, 2.75) is 6.54 Å². The van der Waals surface area contributed by atoms with Crippen molar-refractivity contribution in [2.24, 2.45) is 5.11 Å². The first-order valence-electron chi connectivity index (χ1n) is 4.03. The molecule has 0 heterocycles. The molecule has 1 aromatic rings. The Morgan fingerprint density at radius 1 is 1.50 bits per heavy atom. The van der Waals surface area contributed by atoms with E-state index in [1.165, 1.54) is 0 Å². The van der Waals surface area contributed by atoms with Crippen LogP contribution in [0.5, 0.6) is 5.75 Å². The van der Waals surface area contributed by atoms with Gasteiger partial charge in [-0.3, -0.25) is 0 Å². The maximum absolute atomic E-state index is 8.18. The smallest absolute Gasteiger partial charge is 0.148 e. The molecule has 4 nitrogen and oxygen atoms in total.